The first-order valence-electron chi connectivity index (χ1n) is 8.67. The molecule has 1 aromatic carbocycles. The molecular weight excluding hydrogens is 320 g/mol. The minimum Gasteiger partial charge on any atom is -0.336 e. The molecule has 2 amide bonds. The number of aromatic amines is 1. The van der Waals surface area contributed by atoms with Gasteiger partial charge in [0.1, 0.15) is 5.69 Å². The Balaban J connectivity index is 1.39. The van der Waals surface area contributed by atoms with Crippen molar-refractivity contribution < 1.29 is 9.59 Å². The fourth-order valence-electron chi connectivity index (χ4n) is 3.29. The molecule has 0 spiro atoms. The number of hydrogen-bond acceptors (Lipinski definition) is 4. The van der Waals surface area contributed by atoms with Gasteiger partial charge in [-0.2, -0.15) is 0 Å². The number of aryl methyl sites for hydroxylation is 1. The minimum atomic E-state index is -0.263. The van der Waals surface area contributed by atoms with Gasteiger partial charge in [0.15, 0.2) is 0 Å². The van der Waals surface area contributed by atoms with Crippen LogP contribution in [0.15, 0.2) is 29.1 Å². The summed E-state index contributed by atoms with van der Waals surface area (Å²) in [4.78, 5) is 47.3. The molecule has 7 nitrogen and oxygen atoms in total. The highest BCUT2D eigenvalue weighted by molar-refractivity contribution is 5.86. The molecule has 25 heavy (non-hydrogen) atoms. The lowest BCUT2D eigenvalue weighted by Gasteiger charge is -2.34. The molecule has 0 unspecified atom stereocenters. The number of hydrogen-bond donors (Lipinski definition) is 1. The van der Waals surface area contributed by atoms with Crippen LogP contribution in [0.5, 0.6) is 0 Å². The first-order chi connectivity index (χ1) is 12.1. The normalized spacial score (nSPS) is 18.0. The number of benzene rings is 1. The van der Waals surface area contributed by atoms with Crippen molar-refractivity contribution >= 4 is 22.8 Å². The summed E-state index contributed by atoms with van der Waals surface area (Å²) in [5.41, 5.74) is 1.48. The third-order valence-corrected chi connectivity index (χ3v) is 4.84. The molecule has 4 rings (SSSR count). The van der Waals surface area contributed by atoms with Gasteiger partial charge < -0.3 is 14.8 Å². The van der Waals surface area contributed by atoms with Crippen LogP contribution < -0.4 is 5.56 Å². The molecule has 2 fully saturated rings. The van der Waals surface area contributed by atoms with E-state index in [0.29, 0.717) is 35.9 Å². The van der Waals surface area contributed by atoms with Gasteiger partial charge in [-0.25, -0.2) is 4.98 Å². The van der Waals surface area contributed by atoms with Crippen LogP contribution in [0.3, 0.4) is 0 Å². The maximum absolute atomic E-state index is 12.4. The van der Waals surface area contributed by atoms with Crippen LogP contribution in [0.2, 0.25) is 0 Å². The predicted octanol–water partition coefficient (Wildman–Crippen LogP) is 0.689. The van der Waals surface area contributed by atoms with Crippen LogP contribution in [-0.4, -0.2) is 57.3 Å². The van der Waals surface area contributed by atoms with E-state index in [0.717, 1.165) is 12.8 Å². The van der Waals surface area contributed by atoms with E-state index >= 15 is 0 Å². The van der Waals surface area contributed by atoms with Crippen molar-refractivity contribution in [3.63, 3.8) is 0 Å². The van der Waals surface area contributed by atoms with Gasteiger partial charge in [0, 0.05) is 32.0 Å². The Hall–Kier alpha value is -2.70. The van der Waals surface area contributed by atoms with Crippen LogP contribution >= 0.6 is 0 Å². The molecule has 0 radical (unpaired) electrons. The smallest absolute Gasteiger partial charge is 0.270 e. The standard InChI is InChI=1S/C18H20N4O3/c23-16(21-9-10-22(12-5-6-12)17(24)11-21)8-7-15-18(25)20-14-4-2-1-3-13(14)19-15/h1-4,12H,5-11H2,(H,20,25). The van der Waals surface area contributed by atoms with Crippen molar-refractivity contribution in [3.8, 4) is 0 Å². The van der Waals surface area contributed by atoms with Gasteiger partial charge in [-0.05, 0) is 25.0 Å². The Morgan fingerprint density at radius 2 is 2.00 bits per heavy atom. The Morgan fingerprint density at radius 1 is 1.20 bits per heavy atom. The van der Waals surface area contributed by atoms with Crippen molar-refractivity contribution in [1.29, 1.82) is 0 Å². The van der Waals surface area contributed by atoms with Gasteiger partial charge in [0.25, 0.3) is 5.56 Å². The molecule has 1 aliphatic carbocycles. The SMILES string of the molecule is O=C(CCc1nc2ccccc2[nH]c1=O)N1CCN(C2CC2)C(=O)C1. The predicted molar refractivity (Wildman–Crippen MR) is 92.0 cm³/mol. The monoisotopic (exact) mass is 340 g/mol. The van der Waals surface area contributed by atoms with E-state index in [4.69, 9.17) is 0 Å². The number of H-pyrrole nitrogens is 1. The van der Waals surface area contributed by atoms with Crippen LogP contribution in [0.4, 0.5) is 0 Å². The summed E-state index contributed by atoms with van der Waals surface area (Å²) in [6.45, 7) is 1.34. The molecule has 2 heterocycles. The Labute approximate surface area is 144 Å². The van der Waals surface area contributed by atoms with Crippen LogP contribution in [0, 0.1) is 0 Å². The summed E-state index contributed by atoms with van der Waals surface area (Å²) in [7, 11) is 0. The number of para-hydroxylation sites is 2. The first-order valence-corrected chi connectivity index (χ1v) is 8.67. The zero-order valence-corrected chi connectivity index (χ0v) is 13.9. The molecule has 2 aromatic rings. The summed E-state index contributed by atoms with van der Waals surface area (Å²) in [6, 6.07) is 7.70. The number of piperazine rings is 1. The molecule has 2 aliphatic rings. The second-order valence-electron chi connectivity index (χ2n) is 6.66. The van der Waals surface area contributed by atoms with E-state index in [-0.39, 0.29) is 36.8 Å². The maximum atomic E-state index is 12.4. The Morgan fingerprint density at radius 3 is 2.76 bits per heavy atom. The van der Waals surface area contributed by atoms with Gasteiger partial charge >= 0.3 is 0 Å². The highest BCUT2D eigenvalue weighted by atomic mass is 16.2. The quantitative estimate of drug-likeness (QED) is 0.887. The fraction of sp³-hybridized carbons (Fsp3) is 0.444. The third-order valence-electron chi connectivity index (χ3n) is 4.84. The van der Waals surface area contributed by atoms with E-state index in [2.05, 4.69) is 9.97 Å². The highest BCUT2D eigenvalue weighted by Gasteiger charge is 2.36. The number of nitrogens with zero attached hydrogens (tertiary/aromatic N) is 3. The number of carbonyl (C=O) groups excluding carboxylic acids is 2. The van der Waals surface area contributed by atoms with E-state index in [9.17, 15) is 14.4 Å². The largest absolute Gasteiger partial charge is 0.336 e. The Bertz CT molecular complexity index is 887. The van der Waals surface area contributed by atoms with Crippen molar-refractivity contribution in [2.24, 2.45) is 0 Å². The summed E-state index contributed by atoms with van der Waals surface area (Å²) >= 11 is 0. The summed E-state index contributed by atoms with van der Waals surface area (Å²) in [5, 5.41) is 0. The number of aromatic nitrogens is 2. The van der Waals surface area contributed by atoms with Crippen LogP contribution in [0.1, 0.15) is 25.0 Å². The average Bonchev–Trinajstić information content (AvgIpc) is 3.44. The zero-order chi connectivity index (χ0) is 17.4. The van der Waals surface area contributed by atoms with Crippen LogP contribution in [-0.2, 0) is 16.0 Å². The lowest BCUT2D eigenvalue weighted by Crippen LogP contribution is -2.53. The van der Waals surface area contributed by atoms with E-state index < -0.39 is 0 Å². The van der Waals surface area contributed by atoms with E-state index in [1.807, 2.05) is 23.1 Å². The van der Waals surface area contributed by atoms with E-state index in [1.54, 1.807) is 11.0 Å². The molecule has 1 saturated heterocycles. The van der Waals surface area contributed by atoms with Crippen molar-refractivity contribution in [2.75, 3.05) is 19.6 Å². The van der Waals surface area contributed by atoms with Gasteiger partial charge in [0.05, 0.1) is 17.6 Å². The highest BCUT2D eigenvalue weighted by Crippen LogP contribution is 2.28. The number of carbonyl (C=O) groups is 2. The van der Waals surface area contributed by atoms with Crippen LogP contribution in [0.25, 0.3) is 11.0 Å². The minimum absolute atomic E-state index is 0.0313. The molecule has 130 valence electrons. The van der Waals surface area contributed by atoms with Crippen molar-refractivity contribution in [1.82, 2.24) is 19.8 Å². The topological polar surface area (TPSA) is 86.4 Å². The van der Waals surface area contributed by atoms with E-state index in [1.165, 1.54) is 0 Å². The van der Waals surface area contributed by atoms with Crippen molar-refractivity contribution in [3.05, 3.63) is 40.3 Å². The van der Waals surface area contributed by atoms with Gasteiger partial charge in [0.2, 0.25) is 11.8 Å². The lowest BCUT2D eigenvalue weighted by molar-refractivity contribution is -0.145. The van der Waals surface area contributed by atoms with Crippen molar-refractivity contribution in [2.45, 2.75) is 31.7 Å². The second kappa shape index (κ2) is 6.31. The first kappa shape index (κ1) is 15.8. The molecule has 0 bridgehead atoms. The summed E-state index contributed by atoms with van der Waals surface area (Å²) in [5.74, 6) is -0.0677. The molecule has 1 aromatic heterocycles. The number of rotatable bonds is 4. The third kappa shape index (κ3) is 3.26. The molecular formula is C18H20N4O3. The molecule has 0 atom stereocenters. The second-order valence-corrected chi connectivity index (χ2v) is 6.66. The molecule has 7 heteroatoms. The summed E-state index contributed by atoms with van der Waals surface area (Å²) < 4.78 is 0. The maximum Gasteiger partial charge on any atom is 0.270 e. The fourth-order valence-corrected chi connectivity index (χ4v) is 3.29. The average molecular weight is 340 g/mol. The molecule has 1 N–H and O–H groups in total. The number of nitrogens with one attached hydrogen (secondary N) is 1. The Kier molecular flexibility index (Phi) is 3.99. The zero-order valence-electron chi connectivity index (χ0n) is 13.9. The molecule has 1 saturated carbocycles. The number of amides is 2. The molecule has 1 aliphatic heterocycles. The van der Waals surface area contributed by atoms with Gasteiger partial charge in [-0.1, -0.05) is 12.1 Å². The number of fused-ring (bicyclic) bond motifs is 1. The summed E-state index contributed by atoms with van der Waals surface area (Å²) in [6.07, 6.45) is 2.62. The van der Waals surface area contributed by atoms with Gasteiger partial charge in [-0.3, -0.25) is 14.4 Å². The van der Waals surface area contributed by atoms with Gasteiger partial charge in [-0.15, -0.1) is 0 Å². The lowest BCUT2D eigenvalue weighted by atomic mass is 10.2.